The van der Waals surface area contributed by atoms with Crippen molar-refractivity contribution in [1.82, 2.24) is 0 Å². The van der Waals surface area contributed by atoms with Gasteiger partial charge < -0.3 is 9.47 Å². The molecule has 0 fully saturated rings. The Labute approximate surface area is 104 Å². The Morgan fingerprint density at radius 3 is 2.78 bits per heavy atom. The van der Waals surface area contributed by atoms with Gasteiger partial charge in [-0.1, -0.05) is 0 Å². The molecule has 0 aliphatic heterocycles. The van der Waals surface area contributed by atoms with Crippen LogP contribution in [0.15, 0.2) is 24.3 Å². The Morgan fingerprint density at radius 2 is 2.22 bits per heavy atom. The molecule has 0 unspecified atom stereocenters. The van der Waals surface area contributed by atoms with Crippen LogP contribution < -0.4 is 4.74 Å². The van der Waals surface area contributed by atoms with Crippen molar-refractivity contribution in [3.63, 3.8) is 0 Å². The lowest BCUT2D eigenvalue weighted by Crippen LogP contribution is -1.99. The van der Waals surface area contributed by atoms with Gasteiger partial charge in [-0.3, -0.25) is 10.1 Å². The number of esters is 1. The summed E-state index contributed by atoms with van der Waals surface area (Å²) in [4.78, 5) is 21.3. The van der Waals surface area contributed by atoms with Gasteiger partial charge in [-0.15, -0.1) is 0 Å². The molecule has 1 rings (SSSR count). The average Bonchev–Trinajstić information content (AvgIpc) is 2.36. The molecule has 6 heteroatoms. The van der Waals surface area contributed by atoms with Gasteiger partial charge in [-0.25, -0.2) is 4.79 Å². The highest BCUT2D eigenvalue weighted by molar-refractivity contribution is 5.87. The lowest BCUT2D eigenvalue weighted by atomic mass is 10.1. The summed E-state index contributed by atoms with van der Waals surface area (Å²) >= 11 is 0. The van der Waals surface area contributed by atoms with Gasteiger partial charge in [0.2, 0.25) is 0 Å². The van der Waals surface area contributed by atoms with Crippen molar-refractivity contribution < 1.29 is 19.2 Å². The molecule has 0 saturated carbocycles. The molecule has 96 valence electrons. The first kappa shape index (κ1) is 13.7. The van der Waals surface area contributed by atoms with Crippen molar-refractivity contribution >= 4 is 17.7 Å². The third kappa shape index (κ3) is 3.58. The van der Waals surface area contributed by atoms with E-state index in [4.69, 9.17) is 9.47 Å². The van der Waals surface area contributed by atoms with E-state index in [1.165, 1.54) is 37.5 Å². The lowest BCUT2D eigenvalue weighted by molar-refractivity contribution is -0.384. The number of rotatable bonds is 5. The molecular formula is C12H13NO5. The number of non-ortho nitro benzene ring substituents is 1. The maximum Gasteiger partial charge on any atom is 0.330 e. The van der Waals surface area contributed by atoms with Crippen molar-refractivity contribution in [2.75, 3.05) is 13.7 Å². The fourth-order valence-electron chi connectivity index (χ4n) is 1.31. The second kappa shape index (κ2) is 6.39. The number of methoxy groups -OCH3 is 1. The van der Waals surface area contributed by atoms with E-state index in [1.807, 2.05) is 0 Å². The van der Waals surface area contributed by atoms with E-state index < -0.39 is 10.9 Å². The molecule has 0 saturated heterocycles. The van der Waals surface area contributed by atoms with Gasteiger partial charge in [-0.05, 0) is 19.1 Å². The number of carbonyl (C=O) groups is 1. The van der Waals surface area contributed by atoms with Gasteiger partial charge in [0, 0.05) is 23.8 Å². The van der Waals surface area contributed by atoms with E-state index in [1.54, 1.807) is 6.92 Å². The summed E-state index contributed by atoms with van der Waals surface area (Å²) < 4.78 is 9.76. The highest BCUT2D eigenvalue weighted by Gasteiger charge is 2.09. The standard InChI is InChI=1S/C12H13NO5/c1-3-18-12(14)7-4-9-8-10(13(15)16)5-6-11(9)17-2/h4-8H,3H2,1-2H3/b7-4+. The number of ether oxygens (including phenoxy) is 2. The number of benzene rings is 1. The Kier molecular flexibility index (Phi) is 4.86. The fourth-order valence-corrected chi connectivity index (χ4v) is 1.31. The maximum absolute atomic E-state index is 11.2. The van der Waals surface area contributed by atoms with Crippen LogP contribution in [-0.4, -0.2) is 24.6 Å². The molecule has 6 nitrogen and oxygen atoms in total. The number of carbonyl (C=O) groups excluding carboxylic acids is 1. The molecular weight excluding hydrogens is 238 g/mol. The molecule has 18 heavy (non-hydrogen) atoms. The minimum atomic E-state index is -0.513. The molecule has 0 aromatic heterocycles. The van der Waals surface area contributed by atoms with Gasteiger partial charge >= 0.3 is 5.97 Å². The third-order valence-electron chi connectivity index (χ3n) is 2.11. The summed E-state index contributed by atoms with van der Waals surface area (Å²) in [5.41, 5.74) is 0.374. The van der Waals surface area contributed by atoms with Gasteiger partial charge in [0.15, 0.2) is 0 Å². The predicted molar refractivity (Wildman–Crippen MR) is 65.3 cm³/mol. The third-order valence-corrected chi connectivity index (χ3v) is 2.11. The number of nitro benzene ring substituents is 1. The monoisotopic (exact) mass is 251 g/mol. The lowest BCUT2D eigenvalue weighted by Gasteiger charge is -2.04. The smallest absolute Gasteiger partial charge is 0.330 e. The largest absolute Gasteiger partial charge is 0.496 e. The number of nitro groups is 1. The zero-order valence-electron chi connectivity index (χ0n) is 10.1. The first-order chi connectivity index (χ1) is 8.58. The van der Waals surface area contributed by atoms with Crippen molar-refractivity contribution in [1.29, 1.82) is 0 Å². The Bertz CT molecular complexity index is 481. The Hall–Kier alpha value is -2.37. The summed E-state index contributed by atoms with van der Waals surface area (Å²) in [5, 5.41) is 10.6. The first-order valence-corrected chi connectivity index (χ1v) is 5.25. The van der Waals surface area contributed by atoms with Crippen LogP contribution >= 0.6 is 0 Å². The summed E-state index contributed by atoms with van der Waals surface area (Å²) in [7, 11) is 1.45. The minimum Gasteiger partial charge on any atom is -0.496 e. The first-order valence-electron chi connectivity index (χ1n) is 5.25. The summed E-state index contributed by atoms with van der Waals surface area (Å²) in [6.45, 7) is 1.97. The van der Waals surface area contributed by atoms with Crippen molar-refractivity contribution in [2.45, 2.75) is 6.92 Å². The number of hydrogen-bond donors (Lipinski definition) is 0. The van der Waals surface area contributed by atoms with Crippen molar-refractivity contribution in [2.24, 2.45) is 0 Å². The number of nitrogens with zero attached hydrogens (tertiary/aromatic N) is 1. The van der Waals surface area contributed by atoms with E-state index in [2.05, 4.69) is 0 Å². The minimum absolute atomic E-state index is 0.0701. The van der Waals surface area contributed by atoms with E-state index in [0.717, 1.165) is 0 Å². The molecule has 0 atom stereocenters. The van der Waals surface area contributed by atoms with Crippen LogP contribution in [-0.2, 0) is 9.53 Å². The van der Waals surface area contributed by atoms with Gasteiger partial charge in [0.1, 0.15) is 5.75 Å². The molecule has 0 heterocycles. The highest BCUT2D eigenvalue weighted by Crippen LogP contribution is 2.25. The van der Waals surface area contributed by atoms with Crippen LogP contribution in [0.25, 0.3) is 6.08 Å². The average molecular weight is 251 g/mol. The normalized spacial score (nSPS) is 10.3. The summed E-state index contributed by atoms with van der Waals surface area (Å²) in [5.74, 6) is -0.0628. The maximum atomic E-state index is 11.2. The van der Waals surface area contributed by atoms with Crippen LogP contribution in [0, 0.1) is 10.1 Å². The van der Waals surface area contributed by atoms with E-state index >= 15 is 0 Å². The molecule has 1 aromatic rings. The number of hydrogen-bond acceptors (Lipinski definition) is 5. The van der Waals surface area contributed by atoms with Crippen LogP contribution in [0.4, 0.5) is 5.69 Å². The zero-order chi connectivity index (χ0) is 13.5. The second-order valence-corrected chi connectivity index (χ2v) is 3.27. The topological polar surface area (TPSA) is 78.7 Å². The van der Waals surface area contributed by atoms with Crippen LogP contribution in [0.3, 0.4) is 0 Å². The van der Waals surface area contributed by atoms with Crippen molar-refractivity contribution in [3.8, 4) is 5.75 Å². The van der Waals surface area contributed by atoms with Crippen LogP contribution in [0.5, 0.6) is 5.75 Å². The van der Waals surface area contributed by atoms with Gasteiger partial charge in [0.25, 0.3) is 5.69 Å². The summed E-state index contributed by atoms with van der Waals surface area (Å²) in [6, 6.07) is 4.14. The zero-order valence-corrected chi connectivity index (χ0v) is 10.1. The highest BCUT2D eigenvalue weighted by atomic mass is 16.6. The SMILES string of the molecule is CCOC(=O)/C=C/c1cc([N+](=O)[O-])ccc1OC. The molecule has 0 radical (unpaired) electrons. The molecule has 0 amide bonds. The van der Waals surface area contributed by atoms with Gasteiger partial charge in [-0.2, -0.15) is 0 Å². The second-order valence-electron chi connectivity index (χ2n) is 3.27. The van der Waals surface area contributed by atoms with Gasteiger partial charge in [0.05, 0.1) is 18.6 Å². The quantitative estimate of drug-likeness (QED) is 0.347. The molecule has 0 N–H and O–H groups in total. The fraction of sp³-hybridized carbons (Fsp3) is 0.250. The van der Waals surface area contributed by atoms with E-state index in [-0.39, 0.29) is 12.3 Å². The molecule has 0 bridgehead atoms. The van der Waals surface area contributed by atoms with Crippen LogP contribution in [0.2, 0.25) is 0 Å². The molecule has 1 aromatic carbocycles. The van der Waals surface area contributed by atoms with Crippen molar-refractivity contribution in [3.05, 3.63) is 40.0 Å². The van der Waals surface area contributed by atoms with E-state index in [0.29, 0.717) is 11.3 Å². The molecule has 0 spiro atoms. The molecule has 0 aliphatic carbocycles. The Morgan fingerprint density at radius 1 is 1.50 bits per heavy atom. The molecule has 0 aliphatic rings. The van der Waals surface area contributed by atoms with E-state index in [9.17, 15) is 14.9 Å². The summed E-state index contributed by atoms with van der Waals surface area (Å²) in [6.07, 6.45) is 2.62. The predicted octanol–water partition coefficient (Wildman–Crippen LogP) is 2.18. The Balaban J connectivity index is 3.01. The van der Waals surface area contributed by atoms with Crippen LogP contribution in [0.1, 0.15) is 12.5 Å².